The Morgan fingerprint density at radius 3 is 2.83 bits per heavy atom. The molecule has 1 atom stereocenters. The third-order valence-electron chi connectivity index (χ3n) is 3.70. The fraction of sp³-hybridized carbons (Fsp3) is 0.176. The van der Waals surface area contributed by atoms with Gasteiger partial charge < -0.3 is 14.8 Å². The van der Waals surface area contributed by atoms with Crippen LogP contribution < -0.4 is 5.32 Å². The Morgan fingerprint density at radius 2 is 2.17 bits per heavy atom. The summed E-state index contributed by atoms with van der Waals surface area (Å²) in [6.07, 6.45) is 0.264. The Hall–Kier alpha value is -2.60. The van der Waals surface area contributed by atoms with Gasteiger partial charge in [0.2, 0.25) is 0 Å². The van der Waals surface area contributed by atoms with Gasteiger partial charge in [-0.15, -0.1) is 0 Å². The summed E-state index contributed by atoms with van der Waals surface area (Å²) in [6.45, 7) is 1.68. The van der Waals surface area contributed by atoms with Gasteiger partial charge in [0.1, 0.15) is 11.3 Å². The number of carbonyl (C=O) groups is 1. The van der Waals surface area contributed by atoms with Gasteiger partial charge >= 0.3 is 5.97 Å². The Morgan fingerprint density at radius 1 is 1.42 bits per heavy atom. The zero-order chi connectivity index (χ0) is 17.3. The highest BCUT2D eigenvalue weighted by Gasteiger charge is 2.23. The van der Waals surface area contributed by atoms with Crippen molar-refractivity contribution in [3.05, 3.63) is 52.8 Å². The highest BCUT2D eigenvalue weighted by molar-refractivity contribution is 6.33. The van der Waals surface area contributed by atoms with Crippen molar-refractivity contribution in [3.8, 4) is 0 Å². The van der Waals surface area contributed by atoms with Gasteiger partial charge in [0.05, 0.1) is 16.6 Å². The summed E-state index contributed by atoms with van der Waals surface area (Å²) >= 11 is 6.16. The molecule has 2 N–H and O–H groups in total. The highest BCUT2D eigenvalue weighted by atomic mass is 35.5. The minimum atomic E-state index is -1.09. The van der Waals surface area contributed by atoms with Gasteiger partial charge in [0.25, 0.3) is 6.01 Å². The van der Waals surface area contributed by atoms with Crippen LogP contribution in [0.15, 0.2) is 40.8 Å². The Bertz CT molecular complexity index is 877. The molecule has 0 fully saturated rings. The first-order valence-corrected chi connectivity index (χ1v) is 7.71. The smallest absolute Gasteiger partial charge is 0.311 e. The van der Waals surface area contributed by atoms with Crippen LogP contribution in [0.4, 0.5) is 16.1 Å². The quantitative estimate of drug-likeness (QED) is 0.682. The van der Waals surface area contributed by atoms with E-state index in [4.69, 9.17) is 16.0 Å². The van der Waals surface area contributed by atoms with Gasteiger partial charge in [-0.05, 0) is 30.7 Å². The number of aliphatic carboxylic acids is 1. The number of benzene rings is 2. The number of hydrogen-bond donors (Lipinski definition) is 2. The molecule has 124 valence electrons. The predicted octanol–water partition coefficient (Wildman–Crippen LogP) is 4.94. The van der Waals surface area contributed by atoms with Crippen LogP contribution in [-0.2, 0) is 4.79 Å². The first kappa shape index (κ1) is 16.3. The van der Waals surface area contributed by atoms with E-state index in [1.807, 2.05) is 12.1 Å². The Labute approximate surface area is 142 Å². The SMILES string of the molecule is CCC(C(=O)O)c1cc(Cl)c(Nc2nc3ccccc3o2)cc1F. The van der Waals surface area contributed by atoms with Gasteiger partial charge in [0, 0.05) is 5.56 Å². The molecule has 0 aliphatic heterocycles. The molecule has 0 saturated carbocycles. The van der Waals surface area contributed by atoms with Gasteiger partial charge in [-0.25, -0.2) is 4.39 Å². The van der Waals surface area contributed by atoms with Crippen LogP contribution in [-0.4, -0.2) is 16.1 Å². The number of nitrogens with zero attached hydrogens (tertiary/aromatic N) is 1. The number of fused-ring (bicyclic) bond motifs is 1. The maximum atomic E-state index is 14.3. The normalized spacial score (nSPS) is 12.3. The molecule has 2 aromatic carbocycles. The molecule has 24 heavy (non-hydrogen) atoms. The van der Waals surface area contributed by atoms with Crippen molar-refractivity contribution in [1.82, 2.24) is 4.98 Å². The lowest BCUT2D eigenvalue weighted by Crippen LogP contribution is -2.12. The number of carboxylic acids is 1. The van der Waals surface area contributed by atoms with Gasteiger partial charge in [-0.3, -0.25) is 4.79 Å². The van der Waals surface area contributed by atoms with E-state index < -0.39 is 17.7 Å². The molecule has 1 heterocycles. The van der Waals surface area contributed by atoms with Crippen molar-refractivity contribution in [2.75, 3.05) is 5.32 Å². The molecular weight excluding hydrogens is 335 g/mol. The number of hydrogen-bond acceptors (Lipinski definition) is 4. The minimum absolute atomic E-state index is 0.0538. The molecule has 0 aliphatic carbocycles. The van der Waals surface area contributed by atoms with E-state index in [9.17, 15) is 14.3 Å². The van der Waals surface area contributed by atoms with Gasteiger partial charge in [0.15, 0.2) is 5.58 Å². The van der Waals surface area contributed by atoms with E-state index in [1.165, 1.54) is 6.07 Å². The van der Waals surface area contributed by atoms with Gasteiger partial charge in [-0.1, -0.05) is 30.7 Å². The average Bonchev–Trinajstić information content (AvgIpc) is 2.94. The number of oxazole rings is 1. The van der Waals surface area contributed by atoms with Crippen molar-refractivity contribution >= 4 is 40.4 Å². The largest absolute Gasteiger partial charge is 0.481 e. The molecule has 0 bridgehead atoms. The second-order valence-corrected chi connectivity index (χ2v) is 5.67. The van der Waals surface area contributed by atoms with E-state index in [0.29, 0.717) is 11.1 Å². The summed E-state index contributed by atoms with van der Waals surface area (Å²) in [7, 11) is 0. The molecule has 3 aromatic rings. The first-order chi connectivity index (χ1) is 11.5. The van der Waals surface area contributed by atoms with Crippen LogP contribution in [0.1, 0.15) is 24.8 Å². The van der Waals surface area contributed by atoms with E-state index in [2.05, 4.69) is 10.3 Å². The maximum Gasteiger partial charge on any atom is 0.311 e. The molecule has 5 nitrogen and oxygen atoms in total. The third-order valence-corrected chi connectivity index (χ3v) is 4.02. The molecule has 0 amide bonds. The zero-order valence-corrected chi connectivity index (χ0v) is 13.5. The zero-order valence-electron chi connectivity index (χ0n) is 12.7. The number of halogens is 2. The lowest BCUT2D eigenvalue weighted by Gasteiger charge is -2.14. The topological polar surface area (TPSA) is 75.4 Å². The fourth-order valence-electron chi connectivity index (χ4n) is 2.49. The molecular formula is C17H14ClFN2O3. The summed E-state index contributed by atoms with van der Waals surface area (Å²) in [6, 6.07) is 9.84. The second-order valence-electron chi connectivity index (χ2n) is 5.26. The van der Waals surface area contributed by atoms with Crippen molar-refractivity contribution in [2.45, 2.75) is 19.3 Å². The second kappa shape index (κ2) is 6.49. The predicted molar refractivity (Wildman–Crippen MR) is 89.4 cm³/mol. The number of rotatable bonds is 5. The van der Waals surface area contributed by atoms with E-state index in [-0.39, 0.29) is 28.7 Å². The number of carboxylic acid groups (broad SMARTS) is 1. The summed E-state index contributed by atoms with van der Waals surface area (Å²) in [4.78, 5) is 15.4. The Balaban J connectivity index is 1.94. The van der Waals surface area contributed by atoms with Crippen molar-refractivity contribution < 1.29 is 18.7 Å². The van der Waals surface area contributed by atoms with Crippen LogP contribution in [0, 0.1) is 5.82 Å². The molecule has 1 unspecified atom stereocenters. The average molecular weight is 349 g/mol. The maximum absolute atomic E-state index is 14.3. The van der Waals surface area contributed by atoms with Crippen LogP contribution in [0.25, 0.3) is 11.1 Å². The number of aromatic nitrogens is 1. The summed E-state index contributed by atoms with van der Waals surface area (Å²) < 4.78 is 19.8. The first-order valence-electron chi connectivity index (χ1n) is 7.34. The molecule has 1 aromatic heterocycles. The summed E-state index contributed by atoms with van der Waals surface area (Å²) in [5.41, 5.74) is 1.55. The molecule has 0 radical (unpaired) electrons. The summed E-state index contributed by atoms with van der Waals surface area (Å²) in [5, 5.41) is 12.2. The lowest BCUT2D eigenvalue weighted by atomic mass is 9.96. The third kappa shape index (κ3) is 3.05. The molecule has 0 saturated heterocycles. The molecule has 3 rings (SSSR count). The fourth-order valence-corrected chi connectivity index (χ4v) is 2.71. The van der Waals surface area contributed by atoms with Crippen LogP contribution in [0.5, 0.6) is 0 Å². The lowest BCUT2D eigenvalue weighted by molar-refractivity contribution is -0.138. The van der Waals surface area contributed by atoms with E-state index in [0.717, 1.165) is 6.07 Å². The van der Waals surface area contributed by atoms with Crippen molar-refractivity contribution in [3.63, 3.8) is 0 Å². The van der Waals surface area contributed by atoms with Crippen LogP contribution in [0.2, 0.25) is 5.02 Å². The van der Waals surface area contributed by atoms with E-state index in [1.54, 1.807) is 19.1 Å². The molecule has 7 heteroatoms. The van der Waals surface area contributed by atoms with E-state index >= 15 is 0 Å². The standard InChI is InChI=1S/C17H14ClFN2O3/c1-2-9(16(22)23)10-7-11(18)14(8-12(10)19)21-17-20-13-5-3-4-6-15(13)24-17/h3-9H,2H2,1H3,(H,20,21)(H,22,23). The number of nitrogens with one attached hydrogen (secondary N) is 1. The molecule has 0 aliphatic rings. The van der Waals surface area contributed by atoms with Crippen LogP contribution in [0.3, 0.4) is 0 Å². The summed E-state index contributed by atoms with van der Waals surface area (Å²) in [5.74, 6) is -2.68. The van der Waals surface area contributed by atoms with Crippen molar-refractivity contribution in [1.29, 1.82) is 0 Å². The minimum Gasteiger partial charge on any atom is -0.481 e. The van der Waals surface area contributed by atoms with Crippen LogP contribution >= 0.6 is 11.6 Å². The van der Waals surface area contributed by atoms with Gasteiger partial charge in [-0.2, -0.15) is 4.98 Å². The monoisotopic (exact) mass is 348 g/mol. The number of anilines is 2. The van der Waals surface area contributed by atoms with Crippen molar-refractivity contribution in [2.24, 2.45) is 0 Å². The molecule has 0 spiro atoms. The highest BCUT2D eigenvalue weighted by Crippen LogP contribution is 2.33. The number of para-hydroxylation sites is 2. The Kier molecular flexibility index (Phi) is 4.40.